The van der Waals surface area contributed by atoms with Gasteiger partial charge in [-0.1, -0.05) is 102 Å². The Labute approximate surface area is 161 Å². The summed E-state index contributed by atoms with van der Waals surface area (Å²) in [7, 11) is 0.761. The molecule has 1 unspecified atom stereocenters. The maximum absolute atomic E-state index is 2.38. The van der Waals surface area contributed by atoms with Gasteiger partial charge in [0.2, 0.25) is 0 Å². The quantitative estimate of drug-likeness (QED) is 0.603. The first kappa shape index (κ1) is 15.2. The van der Waals surface area contributed by atoms with Crippen molar-refractivity contribution >= 4 is 20.3 Å². The highest BCUT2D eigenvalue weighted by atomic mass is 28.2. The van der Waals surface area contributed by atoms with Crippen LogP contribution in [0.3, 0.4) is 0 Å². The van der Waals surface area contributed by atoms with Crippen LogP contribution in [0.5, 0.6) is 0 Å². The van der Waals surface area contributed by atoms with E-state index in [0.29, 0.717) is 11.5 Å². The predicted octanol–water partition coefficient (Wildman–Crippen LogP) is 4.18. The largest absolute Gasteiger partial charge is 0.0913 e. The molecule has 1 heteroatoms. The summed E-state index contributed by atoms with van der Waals surface area (Å²) in [6.45, 7) is 0. The Bertz CT molecular complexity index is 1210. The van der Waals surface area contributed by atoms with Gasteiger partial charge in [-0.05, 0) is 38.3 Å². The lowest BCUT2D eigenvalue weighted by Crippen LogP contribution is -2.26. The molecule has 2 radical (unpaired) electrons. The van der Waals surface area contributed by atoms with E-state index in [1.54, 1.807) is 5.20 Å². The Hall–Kier alpha value is -2.90. The molecule has 0 fully saturated rings. The van der Waals surface area contributed by atoms with Gasteiger partial charge in [-0.2, -0.15) is 0 Å². The molecule has 0 spiro atoms. The van der Waals surface area contributed by atoms with Crippen LogP contribution in [0.15, 0.2) is 97.1 Å². The van der Waals surface area contributed by atoms with Crippen LogP contribution < -0.4 is 10.4 Å². The second-order valence-electron chi connectivity index (χ2n) is 7.39. The molecule has 126 valence electrons. The molecule has 6 rings (SSSR count). The molecule has 27 heavy (non-hydrogen) atoms. The summed E-state index contributed by atoms with van der Waals surface area (Å²) in [6, 6.07) is 26.9. The van der Waals surface area contributed by atoms with Crippen LogP contribution in [-0.2, 0) is 0 Å². The minimum absolute atomic E-state index is 0.436. The second-order valence-corrected chi connectivity index (χ2v) is 8.79. The van der Waals surface area contributed by atoms with Gasteiger partial charge in [0.05, 0.1) is 9.52 Å². The maximum Gasteiger partial charge on any atom is 0.0913 e. The first-order valence-corrected chi connectivity index (χ1v) is 10.6. The summed E-state index contributed by atoms with van der Waals surface area (Å²) in [5.41, 5.74) is 7.76. The van der Waals surface area contributed by atoms with Crippen molar-refractivity contribution < 1.29 is 0 Å². The van der Waals surface area contributed by atoms with E-state index in [2.05, 4.69) is 97.1 Å². The molecular formula is C26H18Si. The molecule has 0 saturated heterocycles. The first-order chi connectivity index (χ1) is 13.4. The zero-order valence-corrected chi connectivity index (χ0v) is 15.9. The van der Waals surface area contributed by atoms with Crippen molar-refractivity contribution in [3.63, 3.8) is 0 Å². The molecule has 3 aromatic rings. The fourth-order valence-electron chi connectivity index (χ4n) is 4.82. The Morgan fingerprint density at radius 1 is 0.630 bits per heavy atom. The lowest BCUT2D eigenvalue weighted by molar-refractivity contribution is 1.13. The number of allylic oxidation sites excluding steroid dienone is 4. The minimum Gasteiger partial charge on any atom is -0.0733 e. The van der Waals surface area contributed by atoms with Crippen LogP contribution in [0, 0.1) is 5.92 Å². The second kappa shape index (κ2) is 5.80. The third kappa shape index (κ3) is 2.15. The summed E-state index contributed by atoms with van der Waals surface area (Å²) >= 11 is 0. The van der Waals surface area contributed by atoms with Crippen molar-refractivity contribution in [2.45, 2.75) is 5.54 Å². The molecule has 3 aromatic carbocycles. The zero-order chi connectivity index (χ0) is 17.8. The smallest absolute Gasteiger partial charge is 0.0733 e. The van der Waals surface area contributed by atoms with E-state index in [1.807, 2.05) is 0 Å². The molecule has 0 aliphatic heterocycles. The van der Waals surface area contributed by atoms with Crippen LogP contribution in [0.25, 0.3) is 21.9 Å². The molecular weight excluding hydrogens is 340 g/mol. The lowest BCUT2D eigenvalue weighted by Gasteiger charge is -2.20. The Morgan fingerprint density at radius 2 is 1.26 bits per heavy atom. The monoisotopic (exact) mass is 358 g/mol. The summed E-state index contributed by atoms with van der Waals surface area (Å²) in [5, 5.41) is 4.47. The molecule has 0 saturated carbocycles. The molecule has 3 aliphatic rings. The molecule has 0 nitrogen and oxygen atoms in total. The van der Waals surface area contributed by atoms with Gasteiger partial charge in [0.15, 0.2) is 0 Å². The third-order valence-electron chi connectivity index (χ3n) is 6.00. The summed E-state index contributed by atoms with van der Waals surface area (Å²) < 4.78 is 0. The van der Waals surface area contributed by atoms with Crippen molar-refractivity contribution in [2.24, 2.45) is 5.92 Å². The van der Waals surface area contributed by atoms with E-state index in [0.717, 1.165) is 9.52 Å². The van der Waals surface area contributed by atoms with Gasteiger partial charge >= 0.3 is 0 Å². The summed E-state index contributed by atoms with van der Waals surface area (Å²) in [5.74, 6) is 0.436. The average molecular weight is 359 g/mol. The van der Waals surface area contributed by atoms with Gasteiger partial charge in [-0.25, -0.2) is 0 Å². The van der Waals surface area contributed by atoms with Crippen LogP contribution in [0.1, 0.15) is 16.7 Å². The van der Waals surface area contributed by atoms with E-state index in [4.69, 9.17) is 0 Å². The lowest BCUT2D eigenvalue weighted by atomic mass is 9.97. The Kier molecular flexibility index (Phi) is 3.26. The topological polar surface area (TPSA) is 0 Å². The van der Waals surface area contributed by atoms with Gasteiger partial charge < -0.3 is 0 Å². The van der Waals surface area contributed by atoms with Crippen molar-refractivity contribution in [1.82, 2.24) is 0 Å². The fraction of sp³-hybridized carbons (Fsp3) is 0.0769. The van der Waals surface area contributed by atoms with Crippen LogP contribution >= 0.6 is 0 Å². The molecule has 1 atom stereocenters. The number of benzene rings is 3. The predicted molar refractivity (Wildman–Crippen MR) is 114 cm³/mol. The van der Waals surface area contributed by atoms with Crippen LogP contribution in [0.2, 0.25) is 0 Å². The molecule has 0 heterocycles. The molecule has 0 bridgehead atoms. The maximum atomic E-state index is 2.38. The normalized spacial score (nSPS) is 19.0. The van der Waals surface area contributed by atoms with E-state index < -0.39 is 0 Å². The average Bonchev–Trinajstić information content (AvgIpc) is 3.23. The highest BCUT2D eigenvalue weighted by Gasteiger charge is 2.33. The highest BCUT2D eigenvalue weighted by Crippen LogP contribution is 2.45. The minimum atomic E-state index is 0.436. The first-order valence-electron chi connectivity index (χ1n) is 9.55. The van der Waals surface area contributed by atoms with Crippen molar-refractivity contribution in [2.75, 3.05) is 0 Å². The number of hydrogen-bond donors (Lipinski definition) is 0. The van der Waals surface area contributed by atoms with Gasteiger partial charge in [0.25, 0.3) is 0 Å². The Balaban J connectivity index is 1.55. The molecule has 0 amide bonds. The van der Waals surface area contributed by atoms with E-state index in [1.165, 1.54) is 38.3 Å². The summed E-state index contributed by atoms with van der Waals surface area (Å²) in [4.78, 5) is 0. The van der Waals surface area contributed by atoms with Gasteiger partial charge in [0.1, 0.15) is 0 Å². The van der Waals surface area contributed by atoms with E-state index in [-0.39, 0.29) is 0 Å². The van der Waals surface area contributed by atoms with E-state index in [9.17, 15) is 0 Å². The summed E-state index contributed by atoms with van der Waals surface area (Å²) in [6.07, 6.45) is 9.07. The third-order valence-corrected chi connectivity index (χ3v) is 7.80. The van der Waals surface area contributed by atoms with E-state index >= 15 is 0 Å². The van der Waals surface area contributed by atoms with Crippen molar-refractivity contribution in [3.05, 3.63) is 119 Å². The Morgan fingerprint density at radius 3 is 2.00 bits per heavy atom. The highest BCUT2D eigenvalue weighted by molar-refractivity contribution is 6.62. The van der Waals surface area contributed by atoms with Gasteiger partial charge in [-0.15, -0.1) is 0 Å². The molecule has 0 aromatic heterocycles. The van der Waals surface area contributed by atoms with Crippen molar-refractivity contribution in [3.8, 4) is 11.1 Å². The number of rotatable bonds is 2. The van der Waals surface area contributed by atoms with Crippen molar-refractivity contribution in [1.29, 1.82) is 0 Å². The fourth-order valence-corrected chi connectivity index (χ4v) is 6.75. The number of fused-ring (bicyclic) bond motifs is 5. The SMILES string of the molecule is C1=CC2=c3ccccc3=C([Si]C3c4ccccc4-c4ccccc43)C2C=C1. The standard InChI is InChI=1S/C26H18Si/c1-5-13-21-17(9-1)18-10-2-6-14-22(18)25(21)27-26-23-15-7-3-11-19(23)20-12-4-8-16-24(20)26/h1-16,21,26H. The van der Waals surface area contributed by atoms with Crippen LogP contribution in [0.4, 0.5) is 0 Å². The van der Waals surface area contributed by atoms with Crippen LogP contribution in [-0.4, -0.2) is 9.52 Å². The van der Waals surface area contributed by atoms with Gasteiger partial charge in [-0.3, -0.25) is 0 Å². The molecule has 3 aliphatic carbocycles. The number of hydrogen-bond acceptors (Lipinski definition) is 0. The molecule has 0 N–H and O–H groups in total. The zero-order valence-electron chi connectivity index (χ0n) is 14.9. The van der Waals surface area contributed by atoms with Gasteiger partial charge in [0, 0.05) is 11.5 Å².